The minimum absolute atomic E-state index is 0.499. The summed E-state index contributed by atoms with van der Waals surface area (Å²) < 4.78 is 0. The van der Waals surface area contributed by atoms with Crippen molar-refractivity contribution in [2.24, 2.45) is 0 Å². The van der Waals surface area contributed by atoms with Gasteiger partial charge < -0.3 is 15.5 Å². The molecule has 0 unspecified atom stereocenters. The number of nitrogens with one attached hydrogen (secondary N) is 2. The lowest BCUT2D eigenvalue weighted by Gasteiger charge is -2.14. The van der Waals surface area contributed by atoms with Crippen LogP contribution in [0.3, 0.4) is 0 Å². The Bertz CT molecular complexity index is 690. The van der Waals surface area contributed by atoms with E-state index < -0.39 is 5.91 Å². The van der Waals surface area contributed by atoms with E-state index in [-0.39, 0.29) is 0 Å². The number of carbonyl (C=O) groups excluding carboxylic acids is 1. The molecular formula is C15H15N5O. The third-order valence-corrected chi connectivity index (χ3v) is 2.68. The second kappa shape index (κ2) is 6.39. The number of benzene rings is 1. The van der Waals surface area contributed by atoms with Crippen molar-refractivity contribution in [2.45, 2.75) is 0 Å². The summed E-state index contributed by atoms with van der Waals surface area (Å²) in [4.78, 5) is 21.5. The second-order valence-electron chi connectivity index (χ2n) is 4.42. The molecular weight excluding hydrogens is 266 g/mol. The Labute approximate surface area is 123 Å². The van der Waals surface area contributed by atoms with E-state index in [4.69, 9.17) is 6.42 Å². The van der Waals surface area contributed by atoms with E-state index in [0.29, 0.717) is 17.2 Å². The molecule has 1 amide bonds. The third kappa shape index (κ3) is 3.70. The largest absolute Gasteiger partial charge is 0.363 e. The predicted molar refractivity (Wildman–Crippen MR) is 83.5 cm³/mol. The van der Waals surface area contributed by atoms with E-state index in [2.05, 4.69) is 20.6 Å². The number of amides is 1. The van der Waals surface area contributed by atoms with Crippen molar-refractivity contribution in [3.8, 4) is 12.3 Å². The highest BCUT2D eigenvalue weighted by atomic mass is 16.1. The molecule has 0 aliphatic rings. The lowest BCUT2D eigenvalue weighted by atomic mass is 10.2. The molecule has 0 aliphatic carbocycles. The molecule has 6 heteroatoms. The van der Waals surface area contributed by atoms with Gasteiger partial charge in [-0.2, -0.15) is 0 Å². The van der Waals surface area contributed by atoms with Crippen LogP contribution in [0.15, 0.2) is 36.7 Å². The molecule has 6 nitrogen and oxygen atoms in total. The van der Waals surface area contributed by atoms with Crippen molar-refractivity contribution in [3.63, 3.8) is 0 Å². The van der Waals surface area contributed by atoms with Crippen LogP contribution >= 0.6 is 0 Å². The first kappa shape index (κ1) is 14.3. The molecule has 2 N–H and O–H groups in total. The maximum Gasteiger partial charge on any atom is 0.300 e. The minimum atomic E-state index is -0.499. The maximum absolute atomic E-state index is 11.3. The second-order valence-corrected chi connectivity index (χ2v) is 4.42. The first-order chi connectivity index (χ1) is 10.1. The Morgan fingerprint density at radius 3 is 2.62 bits per heavy atom. The van der Waals surface area contributed by atoms with Gasteiger partial charge in [0.2, 0.25) is 0 Å². The van der Waals surface area contributed by atoms with Crippen molar-refractivity contribution in [2.75, 3.05) is 29.6 Å². The first-order valence-electron chi connectivity index (χ1n) is 6.23. The zero-order valence-electron chi connectivity index (χ0n) is 11.8. The lowest BCUT2D eigenvalue weighted by molar-refractivity contribution is -0.111. The van der Waals surface area contributed by atoms with E-state index >= 15 is 0 Å². The average molecular weight is 281 g/mol. The van der Waals surface area contributed by atoms with E-state index in [0.717, 1.165) is 5.82 Å². The Kier molecular flexibility index (Phi) is 4.36. The summed E-state index contributed by atoms with van der Waals surface area (Å²) in [7, 11) is 3.79. The fraction of sp³-hybridized carbons (Fsp3) is 0.133. The number of rotatable bonds is 4. The molecule has 106 valence electrons. The van der Waals surface area contributed by atoms with E-state index in [1.54, 1.807) is 12.1 Å². The Balaban J connectivity index is 2.26. The molecule has 0 bridgehead atoms. The highest BCUT2D eigenvalue weighted by molar-refractivity contribution is 6.05. The maximum atomic E-state index is 11.3. The van der Waals surface area contributed by atoms with Crippen molar-refractivity contribution < 1.29 is 4.79 Å². The van der Waals surface area contributed by atoms with Crippen molar-refractivity contribution in [3.05, 3.63) is 36.7 Å². The molecule has 0 aliphatic heterocycles. The number of anilines is 4. The summed E-state index contributed by atoms with van der Waals surface area (Å²) in [6, 6.07) is 9.04. The standard InChI is InChI=1S/C15H15N5O/c1-4-15(21)19-12-8-6-5-7-11(12)18-13-9-14(20(2)3)17-10-16-13/h1,5-10H,2-3H3,(H,19,21)(H,16,17,18). The van der Waals surface area contributed by atoms with Crippen LogP contribution < -0.4 is 15.5 Å². The summed E-state index contributed by atoms with van der Waals surface area (Å²) in [5, 5.41) is 5.76. The van der Waals surface area contributed by atoms with Gasteiger partial charge in [0, 0.05) is 20.2 Å². The molecule has 0 fully saturated rings. The molecule has 1 aromatic heterocycles. The Morgan fingerprint density at radius 1 is 1.24 bits per heavy atom. The topological polar surface area (TPSA) is 70.2 Å². The summed E-state index contributed by atoms with van der Waals surface area (Å²) in [6.07, 6.45) is 6.54. The quantitative estimate of drug-likeness (QED) is 0.837. The van der Waals surface area contributed by atoms with E-state index in [1.165, 1.54) is 6.33 Å². The predicted octanol–water partition coefficient (Wildman–Crippen LogP) is 1.86. The van der Waals surface area contributed by atoms with Crippen LogP contribution in [0.25, 0.3) is 0 Å². The first-order valence-corrected chi connectivity index (χ1v) is 6.23. The van der Waals surface area contributed by atoms with Gasteiger partial charge in [-0.3, -0.25) is 4.79 Å². The molecule has 21 heavy (non-hydrogen) atoms. The summed E-state index contributed by atoms with van der Waals surface area (Å²) in [6.45, 7) is 0. The molecule has 0 atom stereocenters. The van der Waals surface area contributed by atoms with Crippen LogP contribution in [0.2, 0.25) is 0 Å². The van der Waals surface area contributed by atoms with Crippen LogP contribution in [0.5, 0.6) is 0 Å². The fourth-order valence-corrected chi connectivity index (χ4v) is 1.66. The van der Waals surface area contributed by atoms with Crippen LogP contribution in [0.1, 0.15) is 0 Å². The van der Waals surface area contributed by atoms with Gasteiger partial charge in [-0.25, -0.2) is 9.97 Å². The third-order valence-electron chi connectivity index (χ3n) is 2.68. The van der Waals surface area contributed by atoms with Crippen LogP contribution in [0, 0.1) is 12.3 Å². The number of nitrogens with zero attached hydrogens (tertiary/aromatic N) is 3. The highest BCUT2D eigenvalue weighted by Crippen LogP contribution is 2.25. The number of para-hydroxylation sites is 2. The SMILES string of the molecule is C#CC(=O)Nc1ccccc1Nc1cc(N(C)C)ncn1. The van der Waals surface area contributed by atoms with Crippen LogP contribution in [-0.2, 0) is 4.79 Å². The summed E-state index contributed by atoms with van der Waals surface area (Å²) >= 11 is 0. The van der Waals surface area contributed by atoms with Gasteiger partial charge in [0.05, 0.1) is 11.4 Å². The summed E-state index contributed by atoms with van der Waals surface area (Å²) in [5.74, 6) is 2.92. The molecule has 0 radical (unpaired) electrons. The molecule has 2 aromatic rings. The van der Waals surface area contributed by atoms with Gasteiger partial charge in [0.1, 0.15) is 18.0 Å². The Hall–Kier alpha value is -3.07. The van der Waals surface area contributed by atoms with Crippen LogP contribution in [-0.4, -0.2) is 30.0 Å². The number of terminal acetylenes is 1. The average Bonchev–Trinajstić information content (AvgIpc) is 2.49. The minimum Gasteiger partial charge on any atom is -0.363 e. The zero-order chi connectivity index (χ0) is 15.2. The van der Waals surface area contributed by atoms with Gasteiger partial charge in [-0.15, -0.1) is 6.42 Å². The van der Waals surface area contributed by atoms with Crippen molar-refractivity contribution in [1.29, 1.82) is 0 Å². The summed E-state index contributed by atoms with van der Waals surface area (Å²) in [5.41, 5.74) is 1.29. The van der Waals surface area contributed by atoms with Gasteiger partial charge in [0.15, 0.2) is 0 Å². The lowest BCUT2D eigenvalue weighted by Crippen LogP contribution is -2.12. The smallest absolute Gasteiger partial charge is 0.300 e. The molecule has 2 rings (SSSR count). The number of aromatic nitrogens is 2. The van der Waals surface area contributed by atoms with Gasteiger partial charge >= 0.3 is 0 Å². The highest BCUT2D eigenvalue weighted by Gasteiger charge is 2.06. The van der Waals surface area contributed by atoms with Crippen LogP contribution in [0.4, 0.5) is 23.0 Å². The van der Waals surface area contributed by atoms with Gasteiger partial charge in [0.25, 0.3) is 5.91 Å². The fourth-order valence-electron chi connectivity index (χ4n) is 1.66. The molecule has 1 aromatic carbocycles. The Morgan fingerprint density at radius 2 is 1.95 bits per heavy atom. The number of carbonyl (C=O) groups is 1. The number of hydrogen-bond donors (Lipinski definition) is 2. The van der Waals surface area contributed by atoms with E-state index in [9.17, 15) is 4.79 Å². The zero-order valence-corrected chi connectivity index (χ0v) is 11.8. The molecule has 0 saturated heterocycles. The van der Waals surface area contributed by atoms with Crippen molar-refractivity contribution in [1.82, 2.24) is 9.97 Å². The number of hydrogen-bond acceptors (Lipinski definition) is 5. The molecule has 0 spiro atoms. The van der Waals surface area contributed by atoms with Gasteiger partial charge in [-0.05, 0) is 18.1 Å². The normalized spacial score (nSPS) is 9.57. The molecule has 1 heterocycles. The monoisotopic (exact) mass is 281 g/mol. The van der Waals surface area contributed by atoms with Crippen molar-refractivity contribution >= 4 is 28.9 Å². The van der Waals surface area contributed by atoms with E-state index in [1.807, 2.05) is 43.1 Å². The molecule has 0 saturated carbocycles. The van der Waals surface area contributed by atoms with Gasteiger partial charge in [-0.1, -0.05) is 12.1 Å².